The summed E-state index contributed by atoms with van der Waals surface area (Å²) in [6, 6.07) is 4.17. The van der Waals surface area contributed by atoms with E-state index in [1.165, 1.54) is 0 Å². The number of piperidine rings is 1. The second-order valence-corrected chi connectivity index (χ2v) is 5.51. The summed E-state index contributed by atoms with van der Waals surface area (Å²) >= 11 is 0. The molecular weight excluding hydrogens is 274 g/mol. The topological polar surface area (TPSA) is 24.5 Å². The molecule has 0 aromatic heterocycles. The first-order valence-electron chi connectivity index (χ1n) is 7.58. The summed E-state index contributed by atoms with van der Waals surface area (Å²) in [6.07, 6.45) is 2.37. The Hall–Kier alpha value is -1.04. The third-order valence-corrected chi connectivity index (χ3v) is 4.04. The van der Waals surface area contributed by atoms with E-state index in [-0.39, 0.29) is 12.1 Å². The van der Waals surface area contributed by atoms with E-state index in [0.29, 0.717) is 18.7 Å². The van der Waals surface area contributed by atoms with Crippen LogP contribution in [0.4, 0.5) is 8.78 Å². The van der Waals surface area contributed by atoms with Crippen molar-refractivity contribution in [2.24, 2.45) is 0 Å². The van der Waals surface area contributed by atoms with E-state index in [1.807, 2.05) is 6.92 Å². The highest BCUT2D eigenvalue weighted by atomic mass is 19.2. The monoisotopic (exact) mass is 298 g/mol. The Morgan fingerprint density at radius 2 is 2.24 bits per heavy atom. The third kappa shape index (κ3) is 4.22. The maximum Gasteiger partial charge on any atom is 0.163 e. The Balaban J connectivity index is 2.10. The molecule has 2 rings (SSSR count). The number of methoxy groups -OCH3 is 1. The Labute approximate surface area is 125 Å². The first kappa shape index (κ1) is 16.3. The first-order valence-corrected chi connectivity index (χ1v) is 7.58. The number of benzene rings is 1. The van der Waals surface area contributed by atoms with Gasteiger partial charge in [0, 0.05) is 31.8 Å². The maximum atomic E-state index is 14.0. The molecule has 0 amide bonds. The number of hydrogen-bond donors (Lipinski definition) is 1. The number of ether oxygens (including phenoxy) is 1. The van der Waals surface area contributed by atoms with Crippen LogP contribution < -0.4 is 5.32 Å². The number of rotatable bonds is 6. The quantitative estimate of drug-likeness (QED) is 0.874. The molecule has 2 atom stereocenters. The summed E-state index contributed by atoms with van der Waals surface area (Å²) in [5.41, 5.74) is 0.399. The van der Waals surface area contributed by atoms with Gasteiger partial charge in [-0.05, 0) is 32.0 Å². The van der Waals surface area contributed by atoms with Gasteiger partial charge in [0.15, 0.2) is 11.6 Å². The summed E-state index contributed by atoms with van der Waals surface area (Å²) in [5, 5.41) is 3.26. The van der Waals surface area contributed by atoms with Crippen molar-refractivity contribution < 1.29 is 13.5 Å². The van der Waals surface area contributed by atoms with Gasteiger partial charge < -0.3 is 10.1 Å². The molecule has 1 N–H and O–H groups in total. The van der Waals surface area contributed by atoms with Crippen molar-refractivity contribution in [1.82, 2.24) is 10.2 Å². The van der Waals surface area contributed by atoms with Crippen LogP contribution in [0.1, 0.15) is 31.4 Å². The average Bonchev–Trinajstić information content (AvgIpc) is 2.50. The van der Waals surface area contributed by atoms with Gasteiger partial charge in [-0.15, -0.1) is 0 Å². The Morgan fingerprint density at radius 3 is 2.95 bits per heavy atom. The predicted octanol–water partition coefficient (Wildman–Crippen LogP) is 2.73. The van der Waals surface area contributed by atoms with Crippen molar-refractivity contribution in [2.45, 2.75) is 31.9 Å². The van der Waals surface area contributed by atoms with Gasteiger partial charge in [-0.1, -0.05) is 19.1 Å². The fraction of sp³-hybridized carbons (Fsp3) is 0.625. The van der Waals surface area contributed by atoms with Crippen LogP contribution in [-0.2, 0) is 4.74 Å². The van der Waals surface area contributed by atoms with Crippen molar-refractivity contribution in [3.8, 4) is 0 Å². The fourth-order valence-corrected chi connectivity index (χ4v) is 2.94. The number of likely N-dealkylation sites (tertiary alicyclic amines) is 1. The van der Waals surface area contributed by atoms with Crippen molar-refractivity contribution in [3.05, 3.63) is 35.4 Å². The lowest BCUT2D eigenvalue weighted by Crippen LogP contribution is -2.43. The maximum absolute atomic E-state index is 14.0. The fourth-order valence-electron chi connectivity index (χ4n) is 2.94. The van der Waals surface area contributed by atoms with Gasteiger partial charge in [-0.25, -0.2) is 8.78 Å². The lowest BCUT2D eigenvalue weighted by atomic mass is 10.0. The van der Waals surface area contributed by atoms with Crippen LogP contribution in [0.5, 0.6) is 0 Å². The summed E-state index contributed by atoms with van der Waals surface area (Å²) in [5.74, 6) is -1.53. The highest BCUT2D eigenvalue weighted by Crippen LogP contribution is 2.22. The van der Waals surface area contributed by atoms with Gasteiger partial charge >= 0.3 is 0 Å². The van der Waals surface area contributed by atoms with Gasteiger partial charge in [0.25, 0.3) is 0 Å². The third-order valence-electron chi connectivity index (χ3n) is 4.04. The van der Waals surface area contributed by atoms with E-state index in [9.17, 15) is 8.78 Å². The van der Waals surface area contributed by atoms with Crippen LogP contribution in [0, 0.1) is 11.6 Å². The molecule has 118 valence electrons. The normalized spacial score (nSPS) is 21.4. The molecule has 5 heteroatoms. The van der Waals surface area contributed by atoms with E-state index >= 15 is 0 Å². The van der Waals surface area contributed by atoms with Crippen LogP contribution in [0.25, 0.3) is 0 Å². The van der Waals surface area contributed by atoms with Crippen molar-refractivity contribution in [2.75, 3.05) is 33.3 Å². The number of halogens is 2. The minimum absolute atomic E-state index is 0.207. The SMILES string of the molecule is CCNC(CN1CCCC(OC)C1)c1cccc(F)c1F. The van der Waals surface area contributed by atoms with Crippen molar-refractivity contribution >= 4 is 0 Å². The number of likely N-dealkylation sites (N-methyl/N-ethyl adjacent to an activating group) is 1. The molecule has 0 bridgehead atoms. The molecule has 1 heterocycles. The smallest absolute Gasteiger partial charge is 0.163 e. The number of nitrogens with one attached hydrogen (secondary N) is 1. The Bertz CT molecular complexity index is 456. The zero-order chi connectivity index (χ0) is 15.2. The van der Waals surface area contributed by atoms with E-state index < -0.39 is 11.6 Å². The van der Waals surface area contributed by atoms with Gasteiger partial charge in [0.2, 0.25) is 0 Å². The predicted molar refractivity (Wildman–Crippen MR) is 79.2 cm³/mol. The van der Waals surface area contributed by atoms with Gasteiger partial charge in [0.05, 0.1) is 6.10 Å². The molecule has 3 nitrogen and oxygen atoms in total. The summed E-state index contributed by atoms with van der Waals surface area (Å²) < 4.78 is 32.9. The second kappa shape index (κ2) is 7.82. The van der Waals surface area contributed by atoms with Crippen LogP contribution in [0.3, 0.4) is 0 Å². The minimum Gasteiger partial charge on any atom is -0.380 e. The van der Waals surface area contributed by atoms with Crippen molar-refractivity contribution in [3.63, 3.8) is 0 Å². The largest absolute Gasteiger partial charge is 0.380 e. The zero-order valence-electron chi connectivity index (χ0n) is 12.7. The van der Waals surface area contributed by atoms with E-state index in [1.54, 1.807) is 19.2 Å². The molecule has 1 aliphatic rings. The molecule has 1 aromatic carbocycles. The van der Waals surface area contributed by atoms with Crippen molar-refractivity contribution in [1.29, 1.82) is 0 Å². The molecular formula is C16H24F2N2O. The molecule has 21 heavy (non-hydrogen) atoms. The molecule has 0 spiro atoms. The van der Waals surface area contributed by atoms with Gasteiger partial charge in [-0.2, -0.15) is 0 Å². The molecule has 0 aliphatic carbocycles. The Kier molecular flexibility index (Phi) is 6.08. The van der Waals surface area contributed by atoms with Crippen LogP contribution in [0.15, 0.2) is 18.2 Å². The van der Waals surface area contributed by atoms with Gasteiger partial charge in [0.1, 0.15) is 0 Å². The molecule has 1 aliphatic heterocycles. The van der Waals surface area contributed by atoms with Crippen LogP contribution in [0.2, 0.25) is 0 Å². The molecule has 2 unspecified atom stereocenters. The summed E-state index contributed by atoms with van der Waals surface area (Å²) in [7, 11) is 1.72. The second-order valence-electron chi connectivity index (χ2n) is 5.51. The average molecular weight is 298 g/mol. The molecule has 0 saturated carbocycles. The summed E-state index contributed by atoms with van der Waals surface area (Å²) in [6.45, 7) is 5.16. The lowest BCUT2D eigenvalue weighted by Gasteiger charge is -2.34. The standard InChI is InChI=1S/C16H24F2N2O/c1-3-19-15(13-7-4-8-14(17)16(13)18)11-20-9-5-6-12(10-20)21-2/h4,7-8,12,15,19H,3,5-6,9-11H2,1-2H3. The molecule has 1 aromatic rings. The zero-order valence-corrected chi connectivity index (χ0v) is 12.7. The highest BCUT2D eigenvalue weighted by molar-refractivity contribution is 5.23. The first-order chi connectivity index (χ1) is 10.2. The van der Waals surface area contributed by atoms with Crippen LogP contribution >= 0.6 is 0 Å². The lowest BCUT2D eigenvalue weighted by molar-refractivity contribution is 0.0279. The number of hydrogen-bond acceptors (Lipinski definition) is 3. The van der Waals surface area contributed by atoms with E-state index in [0.717, 1.165) is 32.0 Å². The molecule has 0 radical (unpaired) electrons. The molecule has 1 fully saturated rings. The minimum atomic E-state index is -0.788. The molecule has 1 saturated heterocycles. The van der Waals surface area contributed by atoms with Gasteiger partial charge in [-0.3, -0.25) is 4.90 Å². The van der Waals surface area contributed by atoms with Crippen LogP contribution in [-0.4, -0.2) is 44.3 Å². The Morgan fingerprint density at radius 1 is 1.43 bits per heavy atom. The number of nitrogens with zero attached hydrogens (tertiary/aromatic N) is 1. The van der Waals surface area contributed by atoms with E-state index in [2.05, 4.69) is 10.2 Å². The highest BCUT2D eigenvalue weighted by Gasteiger charge is 2.24. The summed E-state index contributed by atoms with van der Waals surface area (Å²) in [4.78, 5) is 2.26. The van der Waals surface area contributed by atoms with E-state index in [4.69, 9.17) is 4.74 Å².